The van der Waals surface area contributed by atoms with Gasteiger partial charge in [-0.05, 0) is 74.5 Å². The highest BCUT2D eigenvalue weighted by molar-refractivity contribution is 5.30. The van der Waals surface area contributed by atoms with Crippen molar-refractivity contribution in [2.45, 2.75) is 70.4 Å². The van der Waals surface area contributed by atoms with Crippen molar-refractivity contribution in [2.24, 2.45) is 5.92 Å². The van der Waals surface area contributed by atoms with E-state index < -0.39 is 23.4 Å². The molecule has 140 valence electrons. The van der Waals surface area contributed by atoms with Crippen LogP contribution in [0.3, 0.4) is 0 Å². The Morgan fingerprint density at radius 3 is 2.12 bits per heavy atom. The minimum absolute atomic E-state index is 0.0532. The Morgan fingerprint density at radius 1 is 1.00 bits per heavy atom. The molecule has 0 saturated heterocycles. The minimum Gasteiger partial charge on any atom is -0.206 e. The van der Waals surface area contributed by atoms with Crippen molar-refractivity contribution < 1.29 is 22.0 Å². The van der Waals surface area contributed by atoms with Crippen LogP contribution in [0.1, 0.15) is 75.3 Å². The van der Waals surface area contributed by atoms with Gasteiger partial charge in [0, 0.05) is 0 Å². The lowest BCUT2D eigenvalue weighted by Crippen LogP contribution is -2.16. The van der Waals surface area contributed by atoms with Gasteiger partial charge in [-0.25, -0.2) is 8.78 Å². The summed E-state index contributed by atoms with van der Waals surface area (Å²) in [5.74, 6) is -2.46. The summed E-state index contributed by atoms with van der Waals surface area (Å²) >= 11 is 0. The second kappa shape index (κ2) is 8.81. The third kappa shape index (κ3) is 5.55. The van der Waals surface area contributed by atoms with Crippen LogP contribution in [0.4, 0.5) is 22.0 Å². The Labute approximate surface area is 146 Å². The Bertz CT molecular complexity index is 557. The number of unbranched alkanes of at least 4 members (excludes halogenated alkanes) is 1. The molecule has 1 saturated carbocycles. The highest BCUT2D eigenvalue weighted by Gasteiger charge is 2.38. The van der Waals surface area contributed by atoms with Crippen LogP contribution in [0, 0.1) is 17.6 Å². The summed E-state index contributed by atoms with van der Waals surface area (Å²) in [6.07, 6.45) is 7.22. The molecule has 25 heavy (non-hydrogen) atoms. The Morgan fingerprint density at radius 2 is 1.60 bits per heavy atom. The van der Waals surface area contributed by atoms with E-state index in [9.17, 15) is 22.0 Å². The van der Waals surface area contributed by atoms with Gasteiger partial charge in [0.05, 0.1) is 0 Å². The number of allylic oxidation sites excluding steroid dienone is 2. The first-order valence-corrected chi connectivity index (χ1v) is 9.04. The number of alkyl halides is 3. The molecule has 0 radical (unpaired) electrons. The van der Waals surface area contributed by atoms with Crippen LogP contribution in [0.15, 0.2) is 24.3 Å². The molecule has 1 aromatic carbocycles. The first-order valence-electron chi connectivity index (χ1n) is 9.04. The zero-order chi connectivity index (χ0) is 18.4. The lowest BCUT2D eigenvalue weighted by Gasteiger charge is -2.29. The second-order valence-electron chi connectivity index (χ2n) is 6.89. The fourth-order valence-corrected chi connectivity index (χ4v) is 3.69. The summed E-state index contributed by atoms with van der Waals surface area (Å²) in [6.45, 7) is 2.10. The number of benzene rings is 1. The normalized spacial score (nSPS) is 21.8. The quantitative estimate of drug-likeness (QED) is 0.282. The molecule has 0 heterocycles. The van der Waals surface area contributed by atoms with Gasteiger partial charge >= 0.3 is 6.18 Å². The maximum atomic E-state index is 13.7. The Balaban J connectivity index is 1.92. The largest absolute Gasteiger partial charge is 0.422 e. The van der Waals surface area contributed by atoms with E-state index in [1.807, 2.05) is 0 Å². The van der Waals surface area contributed by atoms with Crippen molar-refractivity contribution in [1.82, 2.24) is 0 Å². The first kappa shape index (κ1) is 19.9. The molecule has 0 aromatic heterocycles. The van der Waals surface area contributed by atoms with E-state index in [4.69, 9.17) is 0 Å². The van der Waals surface area contributed by atoms with Crippen molar-refractivity contribution in [3.8, 4) is 0 Å². The van der Waals surface area contributed by atoms with E-state index in [1.165, 1.54) is 0 Å². The zero-order valence-electron chi connectivity index (χ0n) is 14.5. The van der Waals surface area contributed by atoms with Gasteiger partial charge in [0.1, 0.15) is 17.2 Å². The molecule has 0 spiro atoms. The molecule has 1 aliphatic rings. The van der Waals surface area contributed by atoms with Crippen LogP contribution in [0.5, 0.6) is 0 Å². The SMILES string of the molecule is CCC=CCCCC1CCC(c2cc(F)c(C(F)(F)F)c(F)c2)CC1. The topological polar surface area (TPSA) is 0 Å². The molecule has 0 bridgehead atoms. The van der Waals surface area contributed by atoms with Gasteiger partial charge in [-0.15, -0.1) is 0 Å². The van der Waals surface area contributed by atoms with Crippen LogP contribution in [0.25, 0.3) is 0 Å². The lowest BCUT2D eigenvalue weighted by atomic mass is 9.77. The summed E-state index contributed by atoms with van der Waals surface area (Å²) in [5, 5.41) is 0. The van der Waals surface area contributed by atoms with Gasteiger partial charge in [-0.3, -0.25) is 0 Å². The van der Waals surface area contributed by atoms with Gasteiger partial charge in [-0.2, -0.15) is 13.2 Å². The monoisotopic (exact) mass is 360 g/mol. The summed E-state index contributed by atoms with van der Waals surface area (Å²) < 4.78 is 65.4. The number of hydrogen-bond donors (Lipinski definition) is 0. The van der Waals surface area contributed by atoms with E-state index in [-0.39, 0.29) is 5.92 Å². The van der Waals surface area contributed by atoms with Crippen molar-refractivity contribution in [1.29, 1.82) is 0 Å². The molecule has 5 heteroatoms. The molecule has 1 aromatic rings. The van der Waals surface area contributed by atoms with E-state index >= 15 is 0 Å². The van der Waals surface area contributed by atoms with Crippen molar-refractivity contribution >= 4 is 0 Å². The van der Waals surface area contributed by atoms with E-state index in [2.05, 4.69) is 19.1 Å². The highest BCUT2D eigenvalue weighted by Crippen LogP contribution is 2.40. The second-order valence-corrected chi connectivity index (χ2v) is 6.89. The molecule has 0 aliphatic heterocycles. The van der Waals surface area contributed by atoms with Crippen LogP contribution in [0.2, 0.25) is 0 Å². The van der Waals surface area contributed by atoms with Crippen molar-refractivity contribution in [3.05, 3.63) is 47.0 Å². The van der Waals surface area contributed by atoms with Crippen molar-refractivity contribution in [2.75, 3.05) is 0 Å². The molecule has 1 aliphatic carbocycles. The lowest BCUT2D eigenvalue weighted by molar-refractivity contribution is -0.142. The standard InChI is InChI=1S/C20H25F5/c1-2-3-4-5-6-7-14-8-10-15(11-9-14)16-12-17(21)19(18(22)13-16)20(23,24)25/h3-4,12-15H,2,5-11H2,1H3. The summed E-state index contributed by atoms with van der Waals surface area (Å²) in [5.41, 5.74) is -1.43. The zero-order valence-corrected chi connectivity index (χ0v) is 14.5. The molecular weight excluding hydrogens is 335 g/mol. The minimum atomic E-state index is -5.00. The predicted octanol–water partition coefficient (Wildman–Crippen LogP) is 7.39. The van der Waals surface area contributed by atoms with Gasteiger partial charge in [0.25, 0.3) is 0 Å². The third-order valence-electron chi connectivity index (χ3n) is 5.05. The van der Waals surface area contributed by atoms with Gasteiger partial charge in [0.2, 0.25) is 0 Å². The summed E-state index contributed by atoms with van der Waals surface area (Å²) in [6, 6.07) is 1.73. The Kier molecular flexibility index (Phi) is 7.03. The van der Waals surface area contributed by atoms with Crippen LogP contribution in [-0.2, 0) is 6.18 Å². The number of halogens is 5. The maximum absolute atomic E-state index is 13.7. The fourth-order valence-electron chi connectivity index (χ4n) is 3.69. The molecule has 1 fully saturated rings. The van der Waals surface area contributed by atoms with Gasteiger partial charge in [-0.1, -0.05) is 25.5 Å². The average Bonchev–Trinajstić information content (AvgIpc) is 2.53. The van der Waals surface area contributed by atoms with Crippen LogP contribution >= 0.6 is 0 Å². The van der Waals surface area contributed by atoms with Crippen LogP contribution < -0.4 is 0 Å². The molecule has 2 rings (SSSR count). The van der Waals surface area contributed by atoms with E-state index in [0.29, 0.717) is 11.5 Å². The number of hydrogen-bond acceptors (Lipinski definition) is 0. The fraction of sp³-hybridized carbons (Fsp3) is 0.600. The Hall–Kier alpha value is -1.39. The molecule has 0 amide bonds. The van der Waals surface area contributed by atoms with Gasteiger partial charge in [0.15, 0.2) is 0 Å². The van der Waals surface area contributed by atoms with Crippen molar-refractivity contribution in [3.63, 3.8) is 0 Å². The first-order chi connectivity index (χ1) is 11.8. The highest BCUT2D eigenvalue weighted by atomic mass is 19.4. The average molecular weight is 360 g/mol. The molecule has 0 atom stereocenters. The van der Waals surface area contributed by atoms with Crippen LogP contribution in [-0.4, -0.2) is 0 Å². The van der Waals surface area contributed by atoms with E-state index in [0.717, 1.165) is 63.5 Å². The summed E-state index contributed by atoms with van der Waals surface area (Å²) in [7, 11) is 0. The smallest absolute Gasteiger partial charge is 0.206 e. The van der Waals surface area contributed by atoms with Gasteiger partial charge < -0.3 is 0 Å². The summed E-state index contributed by atoms with van der Waals surface area (Å²) in [4.78, 5) is 0. The number of rotatable bonds is 6. The maximum Gasteiger partial charge on any atom is 0.422 e. The third-order valence-corrected chi connectivity index (χ3v) is 5.05. The molecule has 0 unspecified atom stereocenters. The molecular formula is C20H25F5. The molecule has 0 N–H and O–H groups in total. The predicted molar refractivity (Wildman–Crippen MR) is 89.3 cm³/mol. The molecule has 0 nitrogen and oxygen atoms in total. The van der Waals surface area contributed by atoms with E-state index in [1.54, 1.807) is 0 Å².